The number of amides is 1. The lowest BCUT2D eigenvalue weighted by atomic mass is 9.54. The van der Waals surface area contributed by atoms with Crippen LogP contribution in [-0.2, 0) is 15.0 Å². The van der Waals surface area contributed by atoms with Gasteiger partial charge in [0.05, 0.1) is 5.92 Å². The van der Waals surface area contributed by atoms with Crippen LogP contribution in [0.25, 0.3) is 0 Å². The molecule has 0 bridgehead atoms. The zero-order chi connectivity index (χ0) is 24.2. The lowest BCUT2D eigenvalue weighted by molar-refractivity contribution is -0.140. The van der Waals surface area contributed by atoms with Gasteiger partial charge in [-0.05, 0) is 54.9 Å². The van der Waals surface area contributed by atoms with E-state index < -0.39 is 40.6 Å². The Morgan fingerprint density at radius 2 is 1.97 bits per heavy atom. The Morgan fingerprint density at radius 3 is 2.58 bits per heavy atom. The first kappa shape index (κ1) is 23.9. The number of carbonyl (C=O) groups excluding carboxylic acids is 1. The maximum Gasteiger partial charge on any atom is 0.321 e. The number of benzene rings is 1. The molecule has 3 N–H and O–H groups in total. The van der Waals surface area contributed by atoms with E-state index in [1.54, 1.807) is 18.2 Å². The molecule has 3 aliphatic rings. The molecule has 1 amide bonds. The van der Waals surface area contributed by atoms with Crippen molar-refractivity contribution in [1.29, 1.82) is 0 Å². The summed E-state index contributed by atoms with van der Waals surface area (Å²) in [5.41, 5.74) is -1.35. The van der Waals surface area contributed by atoms with Crippen molar-refractivity contribution in [2.24, 2.45) is 16.3 Å². The Kier molecular flexibility index (Phi) is 5.96. The van der Waals surface area contributed by atoms with Gasteiger partial charge in [-0.3, -0.25) is 14.9 Å². The number of nitrogens with zero attached hydrogens (tertiary/aromatic N) is 1. The van der Waals surface area contributed by atoms with Crippen molar-refractivity contribution in [2.75, 3.05) is 5.32 Å². The Morgan fingerprint density at radius 1 is 1.30 bits per heavy atom. The molecule has 6 nitrogen and oxygen atoms in total. The van der Waals surface area contributed by atoms with Gasteiger partial charge in [0, 0.05) is 22.5 Å². The Labute approximate surface area is 201 Å². The average molecular weight is 494 g/mol. The molecule has 33 heavy (non-hydrogen) atoms. The van der Waals surface area contributed by atoms with Gasteiger partial charge in [0.25, 0.3) is 0 Å². The molecule has 2 heterocycles. The first-order chi connectivity index (χ1) is 15.4. The normalized spacial score (nSPS) is 30.1. The number of halogens is 3. The predicted octanol–water partition coefficient (Wildman–Crippen LogP) is 5.18. The molecule has 4 rings (SSSR count). The molecule has 0 aromatic heterocycles. The molecule has 0 radical (unpaired) electrons. The molecule has 9 heteroatoms. The van der Waals surface area contributed by atoms with Gasteiger partial charge in [-0.15, -0.1) is 0 Å². The Balaban J connectivity index is 1.97. The maximum absolute atomic E-state index is 15.9. The van der Waals surface area contributed by atoms with Gasteiger partial charge in [0.15, 0.2) is 0 Å². The van der Waals surface area contributed by atoms with Crippen LogP contribution in [0.5, 0.6) is 0 Å². The van der Waals surface area contributed by atoms with Crippen molar-refractivity contribution in [3.8, 4) is 0 Å². The first-order valence-electron chi connectivity index (χ1n) is 10.8. The summed E-state index contributed by atoms with van der Waals surface area (Å²) in [4.78, 5) is 30.0. The number of nitrogens with one attached hydrogen (secondary N) is 2. The van der Waals surface area contributed by atoms with Crippen molar-refractivity contribution in [2.45, 2.75) is 56.5 Å². The van der Waals surface area contributed by atoms with Gasteiger partial charge in [-0.2, -0.15) is 0 Å². The van der Waals surface area contributed by atoms with E-state index in [-0.39, 0.29) is 10.6 Å². The highest BCUT2D eigenvalue weighted by Crippen LogP contribution is 2.62. The summed E-state index contributed by atoms with van der Waals surface area (Å²) in [5.74, 6) is -3.72. The maximum atomic E-state index is 15.9. The van der Waals surface area contributed by atoms with E-state index in [0.717, 1.165) is 25.1 Å². The largest absolute Gasteiger partial charge is 0.480 e. The van der Waals surface area contributed by atoms with E-state index in [2.05, 4.69) is 36.1 Å². The molecule has 1 aromatic carbocycles. The molecular formula is C24H26Cl2FN3O3. The summed E-state index contributed by atoms with van der Waals surface area (Å²) in [5, 5.41) is 16.6. The highest BCUT2D eigenvalue weighted by Gasteiger charge is 2.73. The molecule has 1 saturated heterocycles. The monoisotopic (exact) mass is 493 g/mol. The quantitative estimate of drug-likeness (QED) is 0.398. The molecule has 1 aromatic rings. The van der Waals surface area contributed by atoms with Crippen LogP contribution >= 0.6 is 23.2 Å². The number of hydrogen-bond acceptors (Lipinski definition) is 4. The molecule has 2 aliphatic heterocycles. The van der Waals surface area contributed by atoms with Crippen LogP contribution in [-0.4, -0.2) is 34.8 Å². The summed E-state index contributed by atoms with van der Waals surface area (Å²) in [6.07, 6.45) is 4.75. The van der Waals surface area contributed by atoms with Crippen LogP contribution in [0.1, 0.15) is 45.1 Å². The van der Waals surface area contributed by atoms with Crippen LogP contribution in [0, 0.1) is 11.3 Å². The van der Waals surface area contributed by atoms with Crippen LogP contribution in [0.4, 0.5) is 10.1 Å². The van der Waals surface area contributed by atoms with Crippen LogP contribution < -0.4 is 10.6 Å². The number of hydrogen-bond donors (Lipinski definition) is 3. The summed E-state index contributed by atoms with van der Waals surface area (Å²) < 4.78 is 15.9. The molecular weight excluding hydrogens is 468 g/mol. The molecule has 2 spiro atoms. The number of carboxylic acid groups (broad SMARTS) is 1. The van der Waals surface area contributed by atoms with E-state index in [1.165, 1.54) is 0 Å². The predicted molar refractivity (Wildman–Crippen MR) is 127 cm³/mol. The number of allylic oxidation sites excluding steroid dienone is 1. The van der Waals surface area contributed by atoms with E-state index in [4.69, 9.17) is 23.2 Å². The standard InChI is InChI=1S/C24H26Cl2FN3O3/c1-13(25)28-11-6-16(27)18-19(20(31)32)30-23(9-7-22(2,3)8-10-23)24(18)15-5-4-14(26)12-17(15)29-21(24)33/h4-6,11-12,18-19,30H,1,7-10H2,2-3H3,(H,29,33)(H,31,32)/b16-6-,28-11-/t18-,19+,24+/m0/s1. The molecule has 0 unspecified atom stereocenters. The summed E-state index contributed by atoms with van der Waals surface area (Å²) in [7, 11) is 0. The molecule has 176 valence electrons. The van der Waals surface area contributed by atoms with Crippen LogP contribution in [0.15, 0.2) is 46.8 Å². The second-order valence-corrected chi connectivity index (χ2v) is 10.7. The number of rotatable bonds is 4. The number of aliphatic carboxylic acids is 1. The van der Waals surface area contributed by atoms with Crippen molar-refractivity contribution in [3.05, 3.63) is 52.4 Å². The zero-order valence-electron chi connectivity index (χ0n) is 18.4. The highest BCUT2D eigenvalue weighted by molar-refractivity contribution is 6.31. The number of anilines is 1. The Hall–Kier alpha value is -2.22. The van der Waals surface area contributed by atoms with E-state index in [0.29, 0.717) is 29.1 Å². The van der Waals surface area contributed by atoms with Gasteiger partial charge < -0.3 is 10.4 Å². The van der Waals surface area contributed by atoms with Crippen LogP contribution in [0.3, 0.4) is 0 Å². The lowest BCUT2D eigenvalue weighted by Crippen LogP contribution is -2.61. The van der Waals surface area contributed by atoms with Gasteiger partial charge in [0.1, 0.15) is 22.4 Å². The van der Waals surface area contributed by atoms with Gasteiger partial charge in [-0.1, -0.05) is 49.7 Å². The van der Waals surface area contributed by atoms with Gasteiger partial charge >= 0.3 is 5.97 Å². The third kappa shape index (κ3) is 3.70. The van der Waals surface area contributed by atoms with Crippen molar-refractivity contribution < 1.29 is 19.1 Å². The third-order valence-electron chi connectivity index (χ3n) is 7.47. The number of aliphatic imine (C=N–C) groups is 1. The Bertz CT molecular complexity index is 1090. The fraction of sp³-hybridized carbons (Fsp3) is 0.458. The van der Waals surface area contributed by atoms with Gasteiger partial charge in [0.2, 0.25) is 5.91 Å². The highest BCUT2D eigenvalue weighted by atomic mass is 35.5. The lowest BCUT2D eigenvalue weighted by Gasteiger charge is -2.50. The second-order valence-electron chi connectivity index (χ2n) is 9.84. The number of carbonyl (C=O) groups is 2. The molecule has 3 atom stereocenters. The molecule has 2 fully saturated rings. The van der Waals surface area contributed by atoms with Crippen LogP contribution in [0.2, 0.25) is 5.02 Å². The van der Waals surface area contributed by atoms with Crippen molar-refractivity contribution >= 4 is 47.0 Å². The molecule has 1 aliphatic carbocycles. The van der Waals surface area contributed by atoms with Gasteiger partial charge in [-0.25, -0.2) is 9.38 Å². The zero-order valence-corrected chi connectivity index (χ0v) is 19.9. The van der Waals surface area contributed by atoms with Crippen molar-refractivity contribution in [3.63, 3.8) is 0 Å². The first-order valence-corrected chi connectivity index (χ1v) is 11.6. The topological polar surface area (TPSA) is 90.8 Å². The van der Waals surface area contributed by atoms with E-state index in [9.17, 15) is 14.7 Å². The average Bonchev–Trinajstić information content (AvgIpc) is 3.18. The smallest absolute Gasteiger partial charge is 0.321 e. The van der Waals surface area contributed by atoms with Crippen molar-refractivity contribution in [1.82, 2.24) is 5.32 Å². The number of carboxylic acids is 1. The molecule has 1 saturated carbocycles. The summed E-state index contributed by atoms with van der Waals surface area (Å²) in [6, 6.07) is 3.66. The minimum absolute atomic E-state index is 0.0323. The third-order valence-corrected chi connectivity index (χ3v) is 7.80. The second kappa shape index (κ2) is 8.22. The van der Waals surface area contributed by atoms with E-state index in [1.807, 2.05) is 0 Å². The minimum Gasteiger partial charge on any atom is -0.480 e. The SMILES string of the molecule is C=C(Cl)/N=C\C=C(/F)[C@H]1[C@H](C(=O)O)NC2(CCC(C)(C)CC2)[C@@]12C(=O)Nc1cc(Cl)ccc12. The summed E-state index contributed by atoms with van der Waals surface area (Å²) >= 11 is 11.8. The summed E-state index contributed by atoms with van der Waals surface area (Å²) in [6.45, 7) is 7.72. The van der Waals surface area contributed by atoms with E-state index >= 15 is 4.39 Å². The fourth-order valence-electron chi connectivity index (χ4n) is 5.89. The number of fused-ring (bicyclic) bond motifs is 3. The fourth-order valence-corrected chi connectivity index (χ4v) is 6.12. The minimum atomic E-state index is -1.47.